The maximum atomic E-state index is 11.7. The van der Waals surface area contributed by atoms with E-state index >= 15 is 0 Å². The summed E-state index contributed by atoms with van der Waals surface area (Å²) in [6.07, 6.45) is 6.85. The summed E-state index contributed by atoms with van der Waals surface area (Å²) in [5.74, 6) is 1.50. The summed E-state index contributed by atoms with van der Waals surface area (Å²) in [6.45, 7) is 12.3. The zero-order chi connectivity index (χ0) is 28.8. The number of hydrogen-bond acceptors (Lipinski definition) is 3. The third-order valence-corrected chi connectivity index (χ3v) is 7.85. The number of nitrogens with zero attached hydrogens (tertiary/aromatic N) is 2. The molecule has 41 heavy (non-hydrogen) atoms. The van der Waals surface area contributed by atoms with Gasteiger partial charge < -0.3 is 9.51 Å². The molecule has 0 unspecified atom stereocenters. The smallest absolute Gasteiger partial charge is 0.162 e. The minimum absolute atomic E-state index is 0. The molecule has 0 aliphatic rings. The number of carbonyl (C=O) groups is 1. The summed E-state index contributed by atoms with van der Waals surface area (Å²) in [5.41, 5.74) is 5.71. The molecule has 0 fully saturated rings. The molecule has 5 heteroatoms. The Morgan fingerprint density at radius 1 is 0.902 bits per heavy atom. The first-order valence-corrected chi connectivity index (χ1v) is 14.5. The third-order valence-electron chi connectivity index (χ3n) is 7.85. The minimum atomic E-state index is 0. The van der Waals surface area contributed by atoms with E-state index in [1.165, 1.54) is 33.3 Å². The number of allylic oxidation sites excluding steroid dienone is 2. The Kier molecular flexibility index (Phi) is 11.5. The van der Waals surface area contributed by atoms with Crippen molar-refractivity contribution in [1.82, 2.24) is 9.38 Å². The largest absolute Gasteiger partial charge is 0.512 e. The topological polar surface area (TPSA) is 54.6 Å². The van der Waals surface area contributed by atoms with E-state index < -0.39 is 0 Å². The predicted molar refractivity (Wildman–Crippen MR) is 168 cm³/mol. The Hall–Kier alpha value is -3.27. The molecule has 0 saturated carbocycles. The standard InChI is InChI=1S/C23H17N2.C13H24O2.Ir/c1-15-11-16(2)13-19(12-15)23-24-14-20-10-9-18-8-7-17-5-3-4-6-21(17)22(18)25(20)23;1-5-10(6-2)12(14)9-13(15)11(7-3)8-4;/h3-12,14H,1-2H3;9-11,14H,5-8H2,1-4H3;/q-1;;/b;12-9-;. The maximum Gasteiger partial charge on any atom is 0.162 e. The number of aryl methyl sites for hydroxylation is 2. The Labute approximate surface area is 257 Å². The number of aromatic nitrogens is 2. The van der Waals surface area contributed by atoms with Gasteiger partial charge in [0.15, 0.2) is 5.78 Å². The van der Waals surface area contributed by atoms with E-state index in [-0.39, 0.29) is 43.5 Å². The van der Waals surface area contributed by atoms with Gasteiger partial charge in [-0.1, -0.05) is 84.0 Å². The first kappa shape index (κ1) is 32.2. The predicted octanol–water partition coefficient (Wildman–Crippen LogP) is 9.59. The van der Waals surface area contributed by atoms with Crippen molar-refractivity contribution in [2.75, 3.05) is 0 Å². The van der Waals surface area contributed by atoms with Gasteiger partial charge in [-0.3, -0.25) is 9.78 Å². The van der Waals surface area contributed by atoms with Crippen molar-refractivity contribution in [1.29, 1.82) is 0 Å². The van der Waals surface area contributed by atoms with Crippen LogP contribution in [-0.4, -0.2) is 20.3 Å². The van der Waals surface area contributed by atoms with Crippen LogP contribution in [-0.2, 0) is 24.9 Å². The number of ketones is 1. The summed E-state index contributed by atoms with van der Waals surface area (Å²) in [6, 6.07) is 25.0. The molecule has 0 saturated heterocycles. The molecule has 4 nitrogen and oxygen atoms in total. The summed E-state index contributed by atoms with van der Waals surface area (Å²) >= 11 is 0. The van der Waals surface area contributed by atoms with Crippen molar-refractivity contribution < 1.29 is 30.0 Å². The molecular formula is C36H41IrN2O2-. The van der Waals surface area contributed by atoms with Crippen LogP contribution in [0.3, 0.4) is 0 Å². The van der Waals surface area contributed by atoms with Crippen molar-refractivity contribution in [3.63, 3.8) is 0 Å². The van der Waals surface area contributed by atoms with Crippen molar-refractivity contribution in [2.24, 2.45) is 11.8 Å². The van der Waals surface area contributed by atoms with Gasteiger partial charge in [0.05, 0.1) is 22.6 Å². The van der Waals surface area contributed by atoms with Gasteiger partial charge in [-0.2, -0.15) is 0 Å². The molecule has 1 radical (unpaired) electrons. The molecule has 0 bridgehead atoms. The average Bonchev–Trinajstić information content (AvgIpc) is 3.38. The van der Waals surface area contributed by atoms with Gasteiger partial charge in [-0.25, -0.2) is 0 Å². The molecule has 5 rings (SSSR count). The fourth-order valence-corrected chi connectivity index (χ4v) is 5.53. The Morgan fingerprint density at radius 3 is 2.20 bits per heavy atom. The number of carbonyl (C=O) groups excluding carboxylic acids is 1. The first-order chi connectivity index (χ1) is 19.3. The second kappa shape index (κ2) is 14.6. The minimum Gasteiger partial charge on any atom is -0.512 e. The van der Waals surface area contributed by atoms with Crippen LogP contribution in [0.4, 0.5) is 0 Å². The number of fused-ring (bicyclic) bond motifs is 5. The second-order valence-corrected chi connectivity index (χ2v) is 10.7. The fraction of sp³-hybridized carbons (Fsp3) is 0.333. The number of benzene rings is 3. The van der Waals surface area contributed by atoms with Crippen molar-refractivity contribution >= 4 is 33.0 Å². The molecule has 5 aromatic rings. The van der Waals surface area contributed by atoms with Crippen LogP contribution in [0.2, 0.25) is 0 Å². The van der Waals surface area contributed by atoms with Crippen LogP contribution in [0.25, 0.3) is 38.6 Å². The maximum absolute atomic E-state index is 11.7. The number of imidazole rings is 1. The molecule has 217 valence electrons. The monoisotopic (exact) mass is 726 g/mol. The van der Waals surface area contributed by atoms with Crippen molar-refractivity contribution in [2.45, 2.75) is 67.2 Å². The van der Waals surface area contributed by atoms with Crippen LogP contribution < -0.4 is 0 Å². The number of aliphatic hydroxyl groups is 1. The summed E-state index contributed by atoms with van der Waals surface area (Å²) in [4.78, 5) is 16.5. The van der Waals surface area contributed by atoms with E-state index in [9.17, 15) is 9.90 Å². The van der Waals surface area contributed by atoms with E-state index in [0.29, 0.717) is 0 Å². The van der Waals surface area contributed by atoms with Crippen molar-refractivity contribution in [3.05, 3.63) is 95.9 Å². The van der Waals surface area contributed by atoms with Gasteiger partial charge in [-0.05, 0) is 42.5 Å². The van der Waals surface area contributed by atoms with E-state index in [1.807, 2.05) is 33.9 Å². The molecule has 3 aromatic carbocycles. The zero-order valence-electron chi connectivity index (χ0n) is 25.0. The van der Waals surface area contributed by atoms with Gasteiger partial charge in [0.2, 0.25) is 0 Å². The van der Waals surface area contributed by atoms with Gasteiger partial charge in [0, 0.05) is 49.6 Å². The van der Waals surface area contributed by atoms with Crippen LogP contribution in [0.15, 0.2) is 78.7 Å². The summed E-state index contributed by atoms with van der Waals surface area (Å²) in [5, 5.41) is 13.5. The SMILES string of the molecule is CCC(CC)C(=O)/C=C(\O)C(CC)CC.Cc1[c-]c(-c2ncc3ccc4ccc5ccccc5c4n23)cc(C)c1.[Ir]. The van der Waals surface area contributed by atoms with E-state index in [4.69, 9.17) is 4.98 Å². The molecule has 0 amide bonds. The molecule has 1 N–H and O–H groups in total. The van der Waals surface area contributed by atoms with Gasteiger partial charge >= 0.3 is 0 Å². The van der Waals surface area contributed by atoms with Crippen LogP contribution in [0.5, 0.6) is 0 Å². The quantitative estimate of drug-likeness (QED) is 0.0751. The average molecular weight is 726 g/mol. The Bertz CT molecular complexity index is 1640. The normalized spacial score (nSPS) is 11.7. The Balaban J connectivity index is 0.000000253. The fourth-order valence-electron chi connectivity index (χ4n) is 5.53. The van der Waals surface area contributed by atoms with Crippen molar-refractivity contribution in [3.8, 4) is 11.4 Å². The molecule has 0 aliphatic heterocycles. The number of aliphatic hydroxyl groups excluding tert-OH is 1. The van der Waals surface area contributed by atoms with Gasteiger partial charge in [-0.15, -0.1) is 34.9 Å². The molecule has 2 aromatic heterocycles. The van der Waals surface area contributed by atoms with Crippen LogP contribution in [0, 0.1) is 31.7 Å². The first-order valence-electron chi connectivity index (χ1n) is 14.5. The number of hydrogen-bond donors (Lipinski definition) is 1. The van der Waals surface area contributed by atoms with Gasteiger partial charge in [0.1, 0.15) is 0 Å². The molecule has 0 aliphatic carbocycles. The summed E-state index contributed by atoms with van der Waals surface area (Å²) < 4.78 is 2.27. The van der Waals surface area contributed by atoms with E-state index in [1.54, 1.807) is 0 Å². The Morgan fingerprint density at radius 2 is 1.54 bits per heavy atom. The van der Waals surface area contributed by atoms with Gasteiger partial charge in [0.25, 0.3) is 0 Å². The second-order valence-electron chi connectivity index (χ2n) is 10.7. The van der Waals surface area contributed by atoms with E-state index in [2.05, 4.69) is 85.0 Å². The molecule has 2 heterocycles. The molecular weight excluding hydrogens is 685 g/mol. The zero-order valence-corrected chi connectivity index (χ0v) is 27.4. The molecule has 0 atom stereocenters. The number of rotatable bonds is 8. The van der Waals surface area contributed by atoms with Crippen LogP contribution in [0.1, 0.15) is 64.5 Å². The van der Waals surface area contributed by atoms with E-state index in [0.717, 1.165) is 48.2 Å². The third kappa shape index (κ3) is 7.15. The number of pyridine rings is 1. The van der Waals surface area contributed by atoms with Crippen LogP contribution >= 0.6 is 0 Å². The molecule has 0 spiro atoms. The summed E-state index contributed by atoms with van der Waals surface area (Å²) in [7, 11) is 0.